The quantitative estimate of drug-likeness (QED) is 0.532. The van der Waals surface area contributed by atoms with Gasteiger partial charge < -0.3 is 4.74 Å². The van der Waals surface area contributed by atoms with Crippen LogP contribution in [-0.2, 0) is 11.2 Å². The molecule has 2 heterocycles. The van der Waals surface area contributed by atoms with Gasteiger partial charge in [-0.15, -0.1) is 0 Å². The second kappa shape index (κ2) is 7.61. The number of carbonyl (C=O) groups is 1. The summed E-state index contributed by atoms with van der Waals surface area (Å²) in [7, 11) is 2.14. The average Bonchev–Trinajstić information content (AvgIpc) is 2.91. The largest absolute Gasteiger partial charge is 0.443 e. The molecule has 4 nitrogen and oxygen atoms in total. The fraction of sp³-hybridized carbons (Fsp3) is 0.476. The molecule has 0 fully saturated rings. The van der Waals surface area contributed by atoms with E-state index >= 15 is 0 Å². The highest BCUT2D eigenvalue weighted by Crippen LogP contribution is 2.36. The molecule has 6 heteroatoms. The van der Waals surface area contributed by atoms with Gasteiger partial charge in [0.25, 0.3) is 0 Å². The first-order valence-electron chi connectivity index (χ1n) is 9.16. The second-order valence-electron chi connectivity index (χ2n) is 8.33. The van der Waals surface area contributed by atoms with Gasteiger partial charge in [0, 0.05) is 28.6 Å². The molecular formula is C21H26BrClN2O2. The fourth-order valence-electron chi connectivity index (χ4n) is 3.52. The first kappa shape index (κ1) is 20.4. The van der Waals surface area contributed by atoms with Crippen LogP contribution in [0.4, 0.5) is 4.79 Å². The Bertz CT molecular complexity index is 898. The molecule has 0 amide bonds. The molecule has 0 unspecified atom stereocenters. The molecule has 2 atom stereocenters. The van der Waals surface area contributed by atoms with Crippen LogP contribution >= 0.6 is 27.5 Å². The van der Waals surface area contributed by atoms with E-state index < -0.39 is 5.60 Å². The van der Waals surface area contributed by atoms with Crippen molar-refractivity contribution < 1.29 is 9.53 Å². The van der Waals surface area contributed by atoms with Crippen LogP contribution in [0.2, 0.25) is 5.02 Å². The van der Waals surface area contributed by atoms with Gasteiger partial charge in [-0.1, -0.05) is 30.7 Å². The highest BCUT2D eigenvalue weighted by Gasteiger charge is 2.25. The molecule has 0 bridgehead atoms. The third kappa shape index (κ3) is 4.41. The number of hydrogen-bond acceptors (Lipinski definition) is 3. The molecule has 0 N–H and O–H groups in total. The van der Waals surface area contributed by atoms with Gasteiger partial charge in [-0.25, -0.2) is 4.79 Å². The molecule has 1 aliphatic heterocycles. The molecule has 2 aromatic rings. The molecule has 146 valence electrons. The maximum Gasteiger partial charge on any atom is 0.419 e. The third-order valence-electron chi connectivity index (χ3n) is 4.76. The summed E-state index contributed by atoms with van der Waals surface area (Å²) in [6, 6.07) is 3.95. The Labute approximate surface area is 174 Å². The van der Waals surface area contributed by atoms with E-state index in [0.717, 1.165) is 33.9 Å². The fourth-order valence-corrected chi connectivity index (χ4v) is 4.27. The lowest BCUT2D eigenvalue weighted by molar-refractivity contribution is 0.0544. The van der Waals surface area contributed by atoms with Crippen molar-refractivity contribution in [2.45, 2.75) is 45.8 Å². The average molecular weight is 454 g/mol. The first-order valence-corrected chi connectivity index (χ1v) is 10.3. The van der Waals surface area contributed by atoms with Crippen LogP contribution in [0.5, 0.6) is 0 Å². The second-order valence-corrected chi connectivity index (χ2v) is 9.53. The Kier molecular flexibility index (Phi) is 5.76. The predicted molar refractivity (Wildman–Crippen MR) is 115 cm³/mol. The number of ether oxygens (including phenoxy) is 1. The summed E-state index contributed by atoms with van der Waals surface area (Å²) < 4.78 is 8.00. The zero-order chi connectivity index (χ0) is 19.9. The Morgan fingerprint density at radius 2 is 2.04 bits per heavy atom. The zero-order valence-electron chi connectivity index (χ0n) is 16.4. The lowest BCUT2D eigenvalue weighted by atomic mass is 9.97. The molecule has 0 saturated heterocycles. The van der Waals surface area contributed by atoms with E-state index in [1.54, 1.807) is 10.6 Å². The number of hydrogen-bond donors (Lipinski definition) is 0. The van der Waals surface area contributed by atoms with Gasteiger partial charge in [0.1, 0.15) is 5.60 Å². The number of aromatic nitrogens is 1. The van der Waals surface area contributed by atoms with Gasteiger partial charge in [0.05, 0.1) is 10.5 Å². The van der Waals surface area contributed by atoms with E-state index in [1.165, 1.54) is 0 Å². The summed E-state index contributed by atoms with van der Waals surface area (Å²) in [6.07, 6.45) is 6.82. The van der Waals surface area contributed by atoms with Crippen LogP contribution in [0.1, 0.15) is 33.3 Å². The predicted octanol–water partition coefficient (Wildman–Crippen LogP) is 5.89. The number of rotatable bonds is 2. The summed E-state index contributed by atoms with van der Waals surface area (Å²) >= 11 is 9.96. The van der Waals surface area contributed by atoms with Crippen LogP contribution in [0, 0.1) is 5.92 Å². The number of carbonyl (C=O) groups excluding carboxylic acids is 1. The van der Waals surface area contributed by atoms with E-state index in [-0.39, 0.29) is 12.1 Å². The van der Waals surface area contributed by atoms with Crippen LogP contribution < -0.4 is 0 Å². The van der Waals surface area contributed by atoms with E-state index in [9.17, 15) is 4.79 Å². The maximum atomic E-state index is 12.8. The van der Waals surface area contributed by atoms with Crippen LogP contribution in [0.25, 0.3) is 10.9 Å². The molecule has 1 aliphatic rings. The standard InChI is InChI=1S/C21H26BrClN2O2/c1-13-6-7-15(24(5)11-13)10-14-12-25(20(26)27-21(2,3)4)17-9-8-16(23)19(22)18(14)17/h6-9,12-13,15H,10-11H2,1-5H3/t13-,15-/m0/s1. The van der Waals surface area contributed by atoms with Crippen molar-refractivity contribution >= 4 is 44.5 Å². The minimum Gasteiger partial charge on any atom is -0.443 e. The monoisotopic (exact) mass is 452 g/mol. The zero-order valence-corrected chi connectivity index (χ0v) is 18.8. The van der Waals surface area contributed by atoms with E-state index in [0.29, 0.717) is 10.9 Å². The smallest absolute Gasteiger partial charge is 0.419 e. The highest BCUT2D eigenvalue weighted by molar-refractivity contribution is 9.10. The first-order chi connectivity index (χ1) is 12.6. The lowest BCUT2D eigenvalue weighted by Crippen LogP contribution is -2.37. The Morgan fingerprint density at radius 3 is 2.67 bits per heavy atom. The van der Waals surface area contributed by atoms with Crippen molar-refractivity contribution in [3.8, 4) is 0 Å². The molecular weight excluding hydrogens is 428 g/mol. The minimum absolute atomic E-state index is 0.282. The van der Waals surface area contributed by atoms with Crippen molar-refractivity contribution in [2.75, 3.05) is 13.6 Å². The van der Waals surface area contributed by atoms with Gasteiger partial charge in [-0.3, -0.25) is 9.47 Å². The molecule has 0 aliphatic carbocycles. The van der Waals surface area contributed by atoms with Crippen molar-refractivity contribution in [2.24, 2.45) is 5.92 Å². The Morgan fingerprint density at radius 1 is 1.33 bits per heavy atom. The van der Waals surface area contributed by atoms with Crippen LogP contribution in [0.3, 0.4) is 0 Å². The van der Waals surface area contributed by atoms with E-state index in [4.69, 9.17) is 16.3 Å². The minimum atomic E-state index is -0.556. The topological polar surface area (TPSA) is 34.5 Å². The molecule has 0 saturated carbocycles. The van der Waals surface area contributed by atoms with Gasteiger partial charge >= 0.3 is 6.09 Å². The summed E-state index contributed by atoms with van der Waals surface area (Å²) in [5.41, 5.74) is 1.31. The highest BCUT2D eigenvalue weighted by atomic mass is 79.9. The molecule has 1 aromatic heterocycles. The summed E-state index contributed by atoms with van der Waals surface area (Å²) in [5.74, 6) is 0.551. The number of likely N-dealkylation sites (N-methyl/N-ethyl adjacent to an activating group) is 1. The van der Waals surface area contributed by atoms with Gasteiger partial charge in [0.15, 0.2) is 0 Å². The molecule has 3 rings (SSSR count). The summed E-state index contributed by atoms with van der Waals surface area (Å²) in [5, 5.41) is 1.60. The van der Waals surface area contributed by atoms with Crippen molar-refractivity contribution in [3.63, 3.8) is 0 Å². The molecule has 0 radical (unpaired) electrons. The lowest BCUT2D eigenvalue weighted by Gasteiger charge is -2.31. The number of benzene rings is 1. The van der Waals surface area contributed by atoms with Gasteiger partial charge in [-0.05, 0) is 73.8 Å². The Balaban J connectivity index is 2.06. The SMILES string of the molecule is C[C@H]1C=C[C@@H](Cc2cn(C(=O)OC(C)(C)C)c3ccc(Cl)c(Br)c23)N(C)C1. The van der Waals surface area contributed by atoms with Crippen molar-refractivity contribution in [1.29, 1.82) is 0 Å². The number of halogens is 2. The van der Waals surface area contributed by atoms with Gasteiger partial charge in [0.2, 0.25) is 0 Å². The number of nitrogens with zero attached hydrogens (tertiary/aromatic N) is 2. The summed E-state index contributed by atoms with van der Waals surface area (Å²) in [6.45, 7) is 8.84. The molecule has 1 aromatic carbocycles. The van der Waals surface area contributed by atoms with Crippen LogP contribution in [-0.4, -0.2) is 40.8 Å². The molecule has 0 spiro atoms. The normalized spacial score (nSPS) is 21.0. The van der Waals surface area contributed by atoms with E-state index in [2.05, 4.69) is 47.0 Å². The van der Waals surface area contributed by atoms with Crippen molar-refractivity contribution in [1.82, 2.24) is 9.47 Å². The molecule has 27 heavy (non-hydrogen) atoms. The number of fused-ring (bicyclic) bond motifs is 1. The summed E-state index contributed by atoms with van der Waals surface area (Å²) in [4.78, 5) is 15.1. The van der Waals surface area contributed by atoms with Crippen molar-refractivity contribution in [3.05, 3.63) is 45.5 Å². The van der Waals surface area contributed by atoms with Gasteiger partial charge in [-0.2, -0.15) is 0 Å². The van der Waals surface area contributed by atoms with E-state index in [1.807, 2.05) is 33.0 Å². The Hall–Kier alpha value is -1.30. The maximum absolute atomic E-state index is 12.8. The van der Waals surface area contributed by atoms with Crippen LogP contribution in [0.15, 0.2) is 35.0 Å². The third-order valence-corrected chi connectivity index (χ3v) is 6.13.